The summed E-state index contributed by atoms with van der Waals surface area (Å²) in [5.41, 5.74) is 0.0483. The standard InChI is InChI=1S/C14H31NO4/c1-11(9-18-5)19-10-12(17)8-15-13(6-7-16)14(2,3)4/h11-13,15-17H,6-10H2,1-5H3. The second-order valence-electron chi connectivity index (χ2n) is 6.09. The number of hydrogen-bond acceptors (Lipinski definition) is 5. The Kier molecular flexibility index (Phi) is 9.56. The summed E-state index contributed by atoms with van der Waals surface area (Å²) in [7, 11) is 1.63. The summed E-state index contributed by atoms with van der Waals surface area (Å²) in [6.45, 7) is 9.67. The van der Waals surface area contributed by atoms with E-state index in [1.54, 1.807) is 7.11 Å². The number of hydrogen-bond donors (Lipinski definition) is 3. The van der Waals surface area contributed by atoms with Crippen LogP contribution in [0.3, 0.4) is 0 Å². The van der Waals surface area contributed by atoms with Crippen LogP contribution in [0, 0.1) is 5.41 Å². The van der Waals surface area contributed by atoms with E-state index in [1.807, 2.05) is 6.92 Å². The largest absolute Gasteiger partial charge is 0.396 e. The molecule has 0 spiro atoms. The summed E-state index contributed by atoms with van der Waals surface area (Å²) in [5, 5.41) is 22.2. The molecule has 0 aromatic carbocycles. The fourth-order valence-electron chi connectivity index (χ4n) is 1.87. The Bertz CT molecular complexity index is 218. The second-order valence-corrected chi connectivity index (χ2v) is 6.09. The van der Waals surface area contributed by atoms with Crippen LogP contribution in [-0.2, 0) is 9.47 Å². The molecule has 0 radical (unpaired) electrons. The van der Waals surface area contributed by atoms with Gasteiger partial charge in [-0.05, 0) is 18.8 Å². The van der Waals surface area contributed by atoms with Crippen molar-refractivity contribution in [2.75, 3.05) is 33.5 Å². The molecule has 3 atom stereocenters. The van der Waals surface area contributed by atoms with Crippen LogP contribution in [0.25, 0.3) is 0 Å². The number of aliphatic hydroxyl groups excluding tert-OH is 2. The fourth-order valence-corrected chi connectivity index (χ4v) is 1.87. The fraction of sp³-hybridized carbons (Fsp3) is 1.00. The Balaban J connectivity index is 3.95. The lowest BCUT2D eigenvalue weighted by Gasteiger charge is -2.32. The number of aliphatic hydroxyl groups is 2. The zero-order chi connectivity index (χ0) is 14.9. The lowest BCUT2D eigenvalue weighted by Crippen LogP contribution is -2.45. The molecule has 0 fully saturated rings. The zero-order valence-corrected chi connectivity index (χ0v) is 13.0. The van der Waals surface area contributed by atoms with Crippen LogP contribution in [0.4, 0.5) is 0 Å². The molecule has 5 nitrogen and oxygen atoms in total. The number of nitrogens with one attached hydrogen (secondary N) is 1. The topological polar surface area (TPSA) is 71.0 Å². The maximum Gasteiger partial charge on any atom is 0.0897 e. The van der Waals surface area contributed by atoms with E-state index in [4.69, 9.17) is 14.6 Å². The predicted molar refractivity (Wildman–Crippen MR) is 76.2 cm³/mol. The monoisotopic (exact) mass is 277 g/mol. The van der Waals surface area contributed by atoms with Gasteiger partial charge in [-0.3, -0.25) is 0 Å². The van der Waals surface area contributed by atoms with Crippen molar-refractivity contribution in [3.8, 4) is 0 Å². The van der Waals surface area contributed by atoms with Crippen molar-refractivity contribution in [1.82, 2.24) is 5.32 Å². The highest BCUT2D eigenvalue weighted by Crippen LogP contribution is 2.21. The summed E-state index contributed by atoms with van der Waals surface area (Å²) in [4.78, 5) is 0. The molecule has 0 aliphatic carbocycles. The summed E-state index contributed by atoms with van der Waals surface area (Å²) in [6, 6.07) is 0.170. The molecule has 0 rings (SSSR count). The third kappa shape index (κ3) is 9.35. The van der Waals surface area contributed by atoms with Crippen LogP contribution < -0.4 is 5.32 Å². The van der Waals surface area contributed by atoms with Crippen molar-refractivity contribution < 1.29 is 19.7 Å². The quantitative estimate of drug-likeness (QED) is 0.550. The summed E-state index contributed by atoms with van der Waals surface area (Å²) in [6.07, 6.45) is 0.107. The molecule has 0 saturated carbocycles. The van der Waals surface area contributed by atoms with Gasteiger partial charge in [-0.2, -0.15) is 0 Å². The molecular weight excluding hydrogens is 246 g/mol. The van der Waals surface area contributed by atoms with Gasteiger partial charge in [0.2, 0.25) is 0 Å². The SMILES string of the molecule is COCC(C)OCC(O)CNC(CCO)C(C)(C)C. The highest BCUT2D eigenvalue weighted by atomic mass is 16.5. The first kappa shape index (κ1) is 18.8. The number of ether oxygens (including phenoxy) is 2. The van der Waals surface area contributed by atoms with E-state index in [1.165, 1.54) is 0 Å². The van der Waals surface area contributed by atoms with Crippen molar-refractivity contribution in [2.24, 2.45) is 5.41 Å². The first-order valence-corrected chi connectivity index (χ1v) is 6.94. The highest BCUT2D eigenvalue weighted by Gasteiger charge is 2.24. The molecule has 3 unspecified atom stereocenters. The van der Waals surface area contributed by atoms with Gasteiger partial charge in [0, 0.05) is 26.3 Å². The van der Waals surface area contributed by atoms with Gasteiger partial charge in [0.25, 0.3) is 0 Å². The lowest BCUT2D eigenvalue weighted by atomic mass is 9.85. The summed E-state index contributed by atoms with van der Waals surface area (Å²) < 4.78 is 10.4. The Labute approximate surface area is 117 Å². The van der Waals surface area contributed by atoms with Crippen molar-refractivity contribution in [3.05, 3.63) is 0 Å². The molecule has 0 heterocycles. The van der Waals surface area contributed by atoms with Gasteiger partial charge in [0.05, 0.1) is 25.4 Å². The third-order valence-corrected chi connectivity index (χ3v) is 3.04. The van der Waals surface area contributed by atoms with Crippen LogP contribution >= 0.6 is 0 Å². The smallest absolute Gasteiger partial charge is 0.0897 e. The molecule has 0 aliphatic heterocycles. The Hall–Kier alpha value is -0.200. The molecule has 0 aromatic heterocycles. The van der Waals surface area contributed by atoms with Gasteiger partial charge in [0.1, 0.15) is 0 Å². The average molecular weight is 277 g/mol. The third-order valence-electron chi connectivity index (χ3n) is 3.04. The van der Waals surface area contributed by atoms with Gasteiger partial charge in [-0.1, -0.05) is 20.8 Å². The minimum atomic E-state index is -0.553. The van der Waals surface area contributed by atoms with Crippen molar-refractivity contribution in [3.63, 3.8) is 0 Å². The molecule has 19 heavy (non-hydrogen) atoms. The first-order valence-electron chi connectivity index (χ1n) is 6.94. The van der Waals surface area contributed by atoms with E-state index in [2.05, 4.69) is 26.1 Å². The average Bonchev–Trinajstić information content (AvgIpc) is 2.30. The van der Waals surface area contributed by atoms with Crippen LogP contribution in [0.1, 0.15) is 34.1 Å². The van der Waals surface area contributed by atoms with Crippen LogP contribution in [0.15, 0.2) is 0 Å². The Morgan fingerprint density at radius 3 is 2.32 bits per heavy atom. The molecule has 0 saturated heterocycles. The van der Waals surface area contributed by atoms with E-state index in [9.17, 15) is 5.11 Å². The number of methoxy groups -OCH3 is 1. The molecule has 0 bridgehead atoms. The molecule has 0 amide bonds. The molecule has 3 N–H and O–H groups in total. The predicted octanol–water partition coefficient (Wildman–Crippen LogP) is 0.786. The van der Waals surface area contributed by atoms with E-state index in [0.717, 1.165) is 0 Å². The zero-order valence-electron chi connectivity index (χ0n) is 13.0. The molecule has 5 heteroatoms. The maximum absolute atomic E-state index is 9.86. The summed E-state index contributed by atoms with van der Waals surface area (Å²) in [5.74, 6) is 0. The molecular formula is C14H31NO4. The molecule has 116 valence electrons. The minimum Gasteiger partial charge on any atom is -0.396 e. The van der Waals surface area contributed by atoms with E-state index in [-0.39, 0.29) is 30.8 Å². The van der Waals surface area contributed by atoms with Crippen LogP contribution in [0.5, 0.6) is 0 Å². The van der Waals surface area contributed by atoms with E-state index in [0.29, 0.717) is 19.6 Å². The van der Waals surface area contributed by atoms with Gasteiger partial charge < -0.3 is 25.0 Å². The minimum absolute atomic E-state index is 0.0181. The molecule has 0 aromatic rings. The van der Waals surface area contributed by atoms with Crippen LogP contribution in [-0.4, -0.2) is 61.9 Å². The van der Waals surface area contributed by atoms with E-state index < -0.39 is 6.10 Å². The van der Waals surface area contributed by atoms with Gasteiger partial charge in [-0.15, -0.1) is 0 Å². The Morgan fingerprint density at radius 1 is 1.21 bits per heavy atom. The number of rotatable bonds is 10. The van der Waals surface area contributed by atoms with Crippen molar-refractivity contribution in [1.29, 1.82) is 0 Å². The lowest BCUT2D eigenvalue weighted by molar-refractivity contribution is -0.0325. The highest BCUT2D eigenvalue weighted by molar-refractivity contribution is 4.81. The van der Waals surface area contributed by atoms with Crippen LogP contribution in [0.2, 0.25) is 0 Å². The second kappa shape index (κ2) is 9.66. The van der Waals surface area contributed by atoms with E-state index >= 15 is 0 Å². The summed E-state index contributed by atoms with van der Waals surface area (Å²) >= 11 is 0. The Morgan fingerprint density at radius 2 is 1.84 bits per heavy atom. The maximum atomic E-state index is 9.86. The van der Waals surface area contributed by atoms with Gasteiger partial charge in [0.15, 0.2) is 0 Å². The molecule has 0 aliphatic rings. The van der Waals surface area contributed by atoms with Crippen molar-refractivity contribution >= 4 is 0 Å². The van der Waals surface area contributed by atoms with Gasteiger partial charge in [-0.25, -0.2) is 0 Å². The normalized spacial score (nSPS) is 17.2. The van der Waals surface area contributed by atoms with Crippen molar-refractivity contribution in [2.45, 2.75) is 52.4 Å². The van der Waals surface area contributed by atoms with Gasteiger partial charge >= 0.3 is 0 Å². The first-order chi connectivity index (χ1) is 8.81.